The van der Waals surface area contributed by atoms with Crippen LogP contribution in [-0.4, -0.2) is 30.4 Å². The summed E-state index contributed by atoms with van der Waals surface area (Å²) >= 11 is 0. The zero-order valence-corrected chi connectivity index (χ0v) is 17.3. The lowest BCUT2D eigenvalue weighted by molar-refractivity contribution is -0.117. The maximum Gasteiger partial charge on any atom is 0.238 e. The first kappa shape index (κ1) is 20.3. The van der Waals surface area contributed by atoms with Gasteiger partial charge in [0.1, 0.15) is 11.5 Å². The first-order chi connectivity index (χ1) is 14.8. The highest BCUT2D eigenvalue weighted by Gasteiger charge is 2.15. The molecule has 6 nitrogen and oxygen atoms in total. The molecule has 0 bridgehead atoms. The smallest absolute Gasteiger partial charge is 0.238 e. The summed E-state index contributed by atoms with van der Waals surface area (Å²) in [6, 6.07) is 15.7. The van der Waals surface area contributed by atoms with E-state index in [1.165, 1.54) is 31.4 Å². The summed E-state index contributed by atoms with van der Waals surface area (Å²) in [7, 11) is 0. The zero-order chi connectivity index (χ0) is 20.6. The number of benzene rings is 1. The van der Waals surface area contributed by atoms with Crippen molar-refractivity contribution in [1.82, 2.24) is 4.90 Å². The van der Waals surface area contributed by atoms with Gasteiger partial charge in [0.25, 0.3) is 0 Å². The molecule has 0 unspecified atom stereocenters. The Balaban J connectivity index is 1.35. The zero-order valence-electron chi connectivity index (χ0n) is 17.3. The van der Waals surface area contributed by atoms with Gasteiger partial charge in [-0.3, -0.25) is 9.69 Å². The molecule has 6 heteroatoms. The van der Waals surface area contributed by atoms with Crippen molar-refractivity contribution in [2.24, 2.45) is 0 Å². The average molecular weight is 408 g/mol. The molecule has 30 heavy (non-hydrogen) atoms. The number of hydrogen-bond donors (Lipinski definition) is 1. The molecule has 1 aliphatic rings. The van der Waals surface area contributed by atoms with Crippen molar-refractivity contribution in [3.63, 3.8) is 0 Å². The quantitative estimate of drug-likeness (QED) is 0.576. The molecule has 0 spiro atoms. The number of carbonyl (C=O) groups is 1. The normalized spacial score (nSPS) is 14.6. The van der Waals surface area contributed by atoms with Crippen LogP contribution in [0.2, 0.25) is 0 Å². The number of nitrogens with one attached hydrogen (secondary N) is 1. The summed E-state index contributed by atoms with van der Waals surface area (Å²) in [6.45, 7) is 3.54. The van der Waals surface area contributed by atoms with Crippen LogP contribution in [0, 0.1) is 0 Å². The first-order valence-corrected chi connectivity index (χ1v) is 10.7. The van der Waals surface area contributed by atoms with E-state index in [0.717, 1.165) is 30.3 Å². The topological polar surface area (TPSA) is 61.9 Å². The Bertz CT molecular complexity index is 844. The van der Waals surface area contributed by atoms with Gasteiger partial charge in [0.05, 0.1) is 32.2 Å². The van der Waals surface area contributed by atoms with Gasteiger partial charge in [0.15, 0.2) is 0 Å². The van der Waals surface area contributed by atoms with E-state index < -0.39 is 0 Å². The summed E-state index contributed by atoms with van der Waals surface area (Å²) in [4.78, 5) is 17.1. The third kappa shape index (κ3) is 5.76. The molecule has 1 amide bonds. The number of amides is 1. The van der Waals surface area contributed by atoms with Crippen LogP contribution in [0.1, 0.15) is 37.2 Å². The SMILES string of the molecule is O=C(CN(Cc1ccco1)Cc1ccco1)Nc1ccc(N2CCCCCC2)cc1. The first-order valence-electron chi connectivity index (χ1n) is 10.7. The minimum Gasteiger partial charge on any atom is -0.468 e. The summed E-state index contributed by atoms with van der Waals surface area (Å²) in [6.07, 6.45) is 8.42. The van der Waals surface area contributed by atoms with E-state index in [1.54, 1.807) is 12.5 Å². The van der Waals surface area contributed by atoms with Crippen LogP contribution in [0.25, 0.3) is 0 Å². The Hall–Kier alpha value is -2.99. The van der Waals surface area contributed by atoms with Crippen LogP contribution >= 0.6 is 0 Å². The Kier molecular flexibility index (Phi) is 6.87. The second kappa shape index (κ2) is 10.2. The molecule has 0 saturated carbocycles. The molecule has 0 atom stereocenters. The predicted molar refractivity (Wildman–Crippen MR) is 117 cm³/mol. The van der Waals surface area contributed by atoms with Crippen LogP contribution in [0.15, 0.2) is 69.9 Å². The van der Waals surface area contributed by atoms with E-state index in [1.807, 2.05) is 41.3 Å². The van der Waals surface area contributed by atoms with E-state index in [-0.39, 0.29) is 12.5 Å². The Morgan fingerprint density at radius 3 is 2.00 bits per heavy atom. The maximum atomic E-state index is 12.7. The molecule has 0 aliphatic carbocycles. The molecule has 1 fully saturated rings. The lowest BCUT2D eigenvalue weighted by Gasteiger charge is -2.23. The third-order valence-corrected chi connectivity index (χ3v) is 5.41. The number of furan rings is 2. The van der Waals surface area contributed by atoms with E-state index in [2.05, 4.69) is 22.3 Å². The highest BCUT2D eigenvalue weighted by molar-refractivity contribution is 5.92. The fourth-order valence-electron chi connectivity index (χ4n) is 3.90. The van der Waals surface area contributed by atoms with Crippen molar-refractivity contribution in [3.05, 3.63) is 72.6 Å². The molecule has 0 radical (unpaired) electrons. The summed E-state index contributed by atoms with van der Waals surface area (Å²) < 4.78 is 10.9. The molecule has 1 N–H and O–H groups in total. The molecule has 1 aliphatic heterocycles. The summed E-state index contributed by atoms with van der Waals surface area (Å²) in [5, 5.41) is 3.01. The van der Waals surface area contributed by atoms with E-state index >= 15 is 0 Å². The van der Waals surface area contributed by atoms with Crippen LogP contribution in [0.3, 0.4) is 0 Å². The van der Waals surface area contributed by atoms with Crippen molar-refractivity contribution in [3.8, 4) is 0 Å². The van der Waals surface area contributed by atoms with E-state index in [0.29, 0.717) is 13.1 Å². The molecule has 1 aromatic carbocycles. The minimum atomic E-state index is -0.0596. The van der Waals surface area contributed by atoms with Crippen molar-refractivity contribution in [2.45, 2.75) is 38.8 Å². The van der Waals surface area contributed by atoms with E-state index in [9.17, 15) is 4.79 Å². The van der Waals surface area contributed by atoms with Gasteiger partial charge >= 0.3 is 0 Å². The summed E-state index contributed by atoms with van der Waals surface area (Å²) in [5.41, 5.74) is 2.04. The Morgan fingerprint density at radius 1 is 0.867 bits per heavy atom. The van der Waals surface area contributed by atoms with Gasteiger partial charge in [-0.15, -0.1) is 0 Å². The highest BCUT2D eigenvalue weighted by atomic mass is 16.3. The van der Waals surface area contributed by atoms with E-state index in [4.69, 9.17) is 8.83 Å². The molecular formula is C24H29N3O3. The molecular weight excluding hydrogens is 378 g/mol. The summed E-state index contributed by atoms with van der Waals surface area (Å²) in [5.74, 6) is 1.57. The van der Waals surface area contributed by atoms with Gasteiger partial charge < -0.3 is 19.1 Å². The minimum absolute atomic E-state index is 0.0596. The van der Waals surface area contributed by atoms with Gasteiger partial charge in [0.2, 0.25) is 5.91 Å². The molecule has 4 rings (SSSR count). The van der Waals surface area contributed by atoms with Crippen LogP contribution in [0.5, 0.6) is 0 Å². The number of rotatable bonds is 8. The average Bonchev–Trinajstić information content (AvgIpc) is 3.38. The monoisotopic (exact) mass is 407 g/mol. The van der Waals surface area contributed by atoms with Gasteiger partial charge in [-0.2, -0.15) is 0 Å². The van der Waals surface area contributed by atoms with Crippen LogP contribution in [-0.2, 0) is 17.9 Å². The molecule has 2 aromatic heterocycles. The fraction of sp³-hybridized carbons (Fsp3) is 0.375. The molecule has 158 valence electrons. The van der Waals surface area contributed by atoms with Crippen LogP contribution < -0.4 is 10.2 Å². The molecule has 3 heterocycles. The lowest BCUT2D eigenvalue weighted by Crippen LogP contribution is -2.32. The number of carbonyl (C=O) groups excluding carboxylic acids is 1. The van der Waals surface area contributed by atoms with Crippen molar-refractivity contribution in [1.29, 1.82) is 0 Å². The van der Waals surface area contributed by atoms with Crippen molar-refractivity contribution in [2.75, 3.05) is 29.9 Å². The highest BCUT2D eigenvalue weighted by Crippen LogP contribution is 2.21. The van der Waals surface area contributed by atoms with Gasteiger partial charge in [-0.1, -0.05) is 12.8 Å². The Labute approximate surface area is 177 Å². The second-order valence-electron chi connectivity index (χ2n) is 7.80. The lowest BCUT2D eigenvalue weighted by atomic mass is 10.2. The number of anilines is 2. The largest absolute Gasteiger partial charge is 0.468 e. The predicted octanol–water partition coefficient (Wildman–Crippen LogP) is 4.89. The van der Waals surface area contributed by atoms with Gasteiger partial charge in [-0.25, -0.2) is 0 Å². The standard InChI is InChI=1S/C24H29N3O3/c28-24(19-26(17-22-7-5-15-29-22)18-23-8-6-16-30-23)25-20-9-11-21(12-10-20)27-13-3-1-2-4-14-27/h5-12,15-16H,1-4,13-14,17-19H2,(H,25,28). The second-order valence-corrected chi connectivity index (χ2v) is 7.80. The number of hydrogen-bond acceptors (Lipinski definition) is 5. The Morgan fingerprint density at radius 2 is 1.47 bits per heavy atom. The fourth-order valence-corrected chi connectivity index (χ4v) is 3.90. The molecule has 1 saturated heterocycles. The third-order valence-electron chi connectivity index (χ3n) is 5.41. The van der Waals surface area contributed by atoms with Crippen molar-refractivity contribution >= 4 is 17.3 Å². The maximum absolute atomic E-state index is 12.7. The number of nitrogens with zero attached hydrogens (tertiary/aromatic N) is 2. The molecule has 3 aromatic rings. The van der Waals surface area contributed by atoms with Gasteiger partial charge in [-0.05, 0) is 61.4 Å². The van der Waals surface area contributed by atoms with Gasteiger partial charge in [0, 0.05) is 24.5 Å². The van der Waals surface area contributed by atoms with Crippen molar-refractivity contribution < 1.29 is 13.6 Å². The van der Waals surface area contributed by atoms with Crippen LogP contribution in [0.4, 0.5) is 11.4 Å².